The lowest BCUT2D eigenvalue weighted by atomic mass is 10.1. The third kappa shape index (κ3) is 3.93. The van der Waals surface area contributed by atoms with Gasteiger partial charge < -0.3 is 0 Å². The first-order valence-corrected chi connectivity index (χ1v) is 6.60. The zero-order chi connectivity index (χ0) is 10.4. The number of hydrogen-bond donors (Lipinski definition) is 0. The first-order chi connectivity index (χ1) is 6.76. The van der Waals surface area contributed by atoms with Crippen molar-refractivity contribution < 1.29 is 0 Å². The van der Waals surface area contributed by atoms with Crippen LogP contribution in [0.1, 0.15) is 25.0 Å². The van der Waals surface area contributed by atoms with Crippen molar-refractivity contribution in [3.8, 4) is 0 Å². The standard InChI is InChI=1S/C12H17ClS/c1-3-11-4-6-12(7-5-11)9-14-10(2)8-13/h4-7,10H,3,8-9H2,1-2H3. The summed E-state index contributed by atoms with van der Waals surface area (Å²) in [5, 5.41) is 0.544. The van der Waals surface area contributed by atoms with Crippen molar-refractivity contribution >= 4 is 23.4 Å². The predicted molar refractivity (Wildman–Crippen MR) is 67.3 cm³/mol. The van der Waals surface area contributed by atoms with E-state index in [1.807, 2.05) is 11.8 Å². The van der Waals surface area contributed by atoms with Crippen LogP contribution in [0.15, 0.2) is 24.3 Å². The van der Waals surface area contributed by atoms with Crippen molar-refractivity contribution in [3.05, 3.63) is 35.4 Å². The molecule has 1 atom stereocenters. The predicted octanol–water partition coefficient (Wildman–Crippen LogP) is 4.11. The van der Waals surface area contributed by atoms with Crippen LogP contribution in [0, 0.1) is 0 Å². The number of thioether (sulfide) groups is 1. The molecular formula is C12H17ClS. The van der Waals surface area contributed by atoms with E-state index in [1.54, 1.807) is 0 Å². The third-order valence-corrected chi connectivity index (χ3v) is 4.06. The monoisotopic (exact) mass is 228 g/mol. The zero-order valence-electron chi connectivity index (χ0n) is 8.79. The number of halogens is 1. The molecule has 0 aliphatic heterocycles. The molecule has 0 aliphatic rings. The highest BCUT2D eigenvalue weighted by Crippen LogP contribution is 2.18. The van der Waals surface area contributed by atoms with E-state index in [0.717, 1.165) is 18.1 Å². The van der Waals surface area contributed by atoms with Gasteiger partial charge in [-0.1, -0.05) is 38.1 Å². The summed E-state index contributed by atoms with van der Waals surface area (Å²) in [6, 6.07) is 8.85. The van der Waals surface area contributed by atoms with Crippen LogP contribution in [-0.2, 0) is 12.2 Å². The number of hydrogen-bond acceptors (Lipinski definition) is 1. The van der Waals surface area contributed by atoms with Crippen molar-refractivity contribution in [3.63, 3.8) is 0 Å². The Balaban J connectivity index is 2.43. The van der Waals surface area contributed by atoms with E-state index < -0.39 is 0 Å². The lowest BCUT2D eigenvalue weighted by Gasteiger charge is -2.07. The summed E-state index contributed by atoms with van der Waals surface area (Å²) in [5.74, 6) is 1.80. The van der Waals surface area contributed by atoms with Gasteiger partial charge in [-0.05, 0) is 17.5 Å². The Kier molecular flexibility index (Phi) is 5.42. The summed E-state index contributed by atoms with van der Waals surface area (Å²) >= 11 is 7.66. The maximum atomic E-state index is 5.75. The molecule has 0 saturated heterocycles. The highest BCUT2D eigenvalue weighted by molar-refractivity contribution is 7.99. The molecule has 0 aromatic heterocycles. The van der Waals surface area contributed by atoms with Crippen molar-refractivity contribution in [2.45, 2.75) is 31.3 Å². The van der Waals surface area contributed by atoms with Crippen molar-refractivity contribution in [2.24, 2.45) is 0 Å². The lowest BCUT2D eigenvalue weighted by Crippen LogP contribution is -1.97. The first kappa shape index (κ1) is 11.9. The van der Waals surface area contributed by atoms with Crippen LogP contribution in [-0.4, -0.2) is 11.1 Å². The Morgan fingerprint density at radius 3 is 2.29 bits per heavy atom. The number of alkyl halides is 1. The molecule has 14 heavy (non-hydrogen) atoms. The van der Waals surface area contributed by atoms with Crippen LogP contribution in [0.4, 0.5) is 0 Å². The SMILES string of the molecule is CCc1ccc(CSC(C)CCl)cc1. The van der Waals surface area contributed by atoms with Crippen LogP contribution in [0.25, 0.3) is 0 Å². The average Bonchev–Trinajstić information content (AvgIpc) is 2.26. The average molecular weight is 229 g/mol. The van der Waals surface area contributed by atoms with Gasteiger partial charge in [-0.15, -0.1) is 11.6 Å². The Morgan fingerprint density at radius 2 is 1.79 bits per heavy atom. The molecule has 0 nitrogen and oxygen atoms in total. The van der Waals surface area contributed by atoms with E-state index in [1.165, 1.54) is 11.1 Å². The normalized spacial score (nSPS) is 12.8. The molecule has 2 heteroatoms. The van der Waals surface area contributed by atoms with Gasteiger partial charge >= 0.3 is 0 Å². The van der Waals surface area contributed by atoms with E-state index >= 15 is 0 Å². The molecule has 1 aromatic carbocycles. The third-order valence-electron chi connectivity index (χ3n) is 2.18. The Bertz CT molecular complexity index is 256. The minimum Gasteiger partial charge on any atom is -0.153 e. The van der Waals surface area contributed by atoms with Gasteiger partial charge in [-0.25, -0.2) is 0 Å². The quantitative estimate of drug-likeness (QED) is 0.684. The Hall–Kier alpha value is -0.140. The number of rotatable bonds is 5. The summed E-state index contributed by atoms with van der Waals surface area (Å²) < 4.78 is 0. The fraction of sp³-hybridized carbons (Fsp3) is 0.500. The molecule has 0 amide bonds. The Morgan fingerprint density at radius 1 is 1.21 bits per heavy atom. The van der Waals surface area contributed by atoms with Gasteiger partial charge in [0, 0.05) is 16.9 Å². The van der Waals surface area contributed by atoms with Crippen molar-refractivity contribution in [1.82, 2.24) is 0 Å². The molecule has 1 rings (SSSR count). The fourth-order valence-electron chi connectivity index (χ4n) is 1.15. The maximum Gasteiger partial charge on any atom is 0.0340 e. The van der Waals surface area contributed by atoms with Gasteiger partial charge in [0.15, 0.2) is 0 Å². The molecule has 0 aliphatic carbocycles. The van der Waals surface area contributed by atoms with Crippen molar-refractivity contribution in [1.29, 1.82) is 0 Å². The second kappa shape index (κ2) is 6.36. The summed E-state index contributed by atoms with van der Waals surface area (Å²) in [6.45, 7) is 4.34. The summed E-state index contributed by atoms with van der Waals surface area (Å²) in [5.41, 5.74) is 2.80. The molecule has 0 bridgehead atoms. The zero-order valence-corrected chi connectivity index (χ0v) is 10.4. The van der Waals surface area contributed by atoms with E-state index in [2.05, 4.69) is 38.1 Å². The van der Waals surface area contributed by atoms with Gasteiger partial charge in [-0.3, -0.25) is 0 Å². The second-order valence-electron chi connectivity index (χ2n) is 3.45. The van der Waals surface area contributed by atoms with E-state index in [4.69, 9.17) is 11.6 Å². The maximum absolute atomic E-state index is 5.75. The Labute approximate surface area is 96.0 Å². The van der Waals surface area contributed by atoms with Gasteiger partial charge in [0.1, 0.15) is 0 Å². The van der Waals surface area contributed by atoms with E-state index in [0.29, 0.717) is 5.25 Å². The molecular weight excluding hydrogens is 212 g/mol. The van der Waals surface area contributed by atoms with Gasteiger partial charge in [0.05, 0.1) is 0 Å². The molecule has 0 spiro atoms. The molecule has 0 heterocycles. The molecule has 0 saturated carbocycles. The molecule has 0 radical (unpaired) electrons. The van der Waals surface area contributed by atoms with Gasteiger partial charge in [0.2, 0.25) is 0 Å². The van der Waals surface area contributed by atoms with Crippen LogP contribution >= 0.6 is 23.4 Å². The van der Waals surface area contributed by atoms with Gasteiger partial charge in [0.25, 0.3) is 0 Å². The molecule has 78 valence electrons. The molecule has 1 aromatic rings. The van der Waals surface area contributed by atoms with Crippen LogP contribution < -0.4 is 0 Å². The first-order valence-electron chi connectivity index (χ1n) is 5.01. The minimum atomic E-state index is 0.544. The van der Waals surface area contributed by atoms with Crippen molar-refractivity contribution in [2.75, 3.05) is 5.88 Å². The topological polar surface area (TPSA) is 0 Å². The van der Waals surface area contributed by atoms with Crippen LogP contribution in [0.3, 0.4) is 0 Å². The molecule has 0 N–H and O–H groups in total. The highest BCUT2D eigenvalue weighted by Gasteiger charge is 2.00. The smallest absolute Gasteiger partial charge is 0.0340 e. The van der Waals surface area contributed by atoms with E-state index in [9.17, 15) is 0 Å². The second-order valence-corrected chi connectivity index (χ2v) is 5.18. The summed E-state index contributed by atoms with van der Waals surface area (Å²) in [7, 11) is 0. The van der Waals surface area contributed by atoms with E-state index in [-0.39, 0.29) is 0 Å². The summed E-state index contributed by atoms with van der Waals surface area (Å²) in [6.07, 6.45) is 1.12. The van der Waals surface area contributed by atoms with Crippen LogP contribution in [0.5, 0.6) is 0 Å². The molecule has 0 fully saturated rings. The van der Waals surface area contributed by atoms with Gasteiger partial charge in [-0.2, -0.15) is 11.8 Å². The highest BCUT2D eigenvalue weighted by atomic mass is 35.5. The number of benzene rings is 1. The largest absolute Gasteiger partial charge is 0.153 e. The summed E-state index contributed by atoms with van der Waals surface area (Å²) in [4.78, 5) is 0. The van der Waals surface area contributed by atoms with Crippen LogP contribution in [0.2, 0.25) is 0 Å². The molecule has 1 unspecified atom stereocenters. The fourth-order valence-corrected chi connectivity index (χ4v) is 2.18. The minimum absolute atomic E-state index is 0.544. The number of aryl methyl sites for hydroxylation is 1. The lowest BCUT2D eigenvalue weighted by molar-refractivity contribution is 1.11.